The van der Waals surface area contributed by atoms with E-state index in [-0.39, 0.29) is 35.9 Å². The Morgan fingerprint density at radius 3 is 2.41 bits per heavy atom. The largest absolute Gasteiger partial charge is 0.483 e. The second kappa shape index (κ2) is 14.0. The number of carboxylic acid groups (broad SMARTS) is 1. The summed E-state index contributed by atoms with van der Waals surface area (Å²) >= 11 is 0. The van der Waals surface area contributed by atoms with Crippen LogP contribution in [0.2, 0.25) is 0 Å². The van der Waals surface area contributed by atoms with E-state index in [1.54, 1.807) is 6.07 Å². The lowest BCUT2D eigenvalue weighted by Crippen LogP contribution is -2.53. The van der Waals surface area contributed by atoms with E-state index < -0.39 is 43.9 Å². The molecule has 1 heterocycles. The molecule has 2 saturated carbocycles. The molecule has 0 bridgehead atoms. The van der Waals surface area contributed by atoms with Crippen LogP contribution in [0, 0.1) is 11.6 Å². The van der Waals surface area contributed by atoms with Crippen molar-refractivity contribution in [2.75, 3.05) is 12.4 Å². The number of benzene rings is 2. The minimum Gasteiger partial charge on any atom is -0.483 e. The Balaban J connectivity index is 0.00000141. The van der Waals surface area contributed by atoms with Crippen molar-refractivity contribution in [3.63, 3.8) is 0 Å². The smallest absolute Gasteiger partial charge is 0.416 e. The summed E-state index contributed by atoms with van der Waals surface area (Å²) in [6.45, 7) is -0.250. The van der Waals surface area contributed by atoms with Crippen LogP contribution in [0.15, 0.2) is 59.9 Å². The average molecular weight is 641 g/mol. The van der Waals surface area contributed by atoms with E-state index in [1.807, 2.05) is 7.05 Å². The van der Waals surface area contributed by atoms with Gasteiger partial charge in [0, 0.05) is 30.4 Å². The summed E-state index contributed by atoms with van der Waals surface area (Å²) in [7, 11) is -2.25. The standard InChI is InChI=1S/C29H31F5N4O2S.CH2O2/c1-38(22-6-3-7-22)27-13-19(18-4-2-5-20(12-18)29(32,33)34)8-9-25(27)37-26-14-24(31)28(15-23(26)30)41(39,40)16-21-10-11-35-17-36-21;2-1-3/h2,4-5,10-12,14-15,17,19,22,25,27,37H,3,6-9,13,16H2,1H3;1H,(H,2,3)/t19-,25-,27-;/m0./s1. The molecule has 2 N–H and O–H groups in total. The third-order valence-corrected chi connectivity index (χ3v) is 10.0. The van der Waals surface area contributed by atoms with E-state index in [4.69, 9.17) is 9.90 Å². The predicted molar refractivity (Wildman–Crippen MR) is 153 cm³/mol. The van der Waals surface area contributed by atoms with Gasteiger partial charge in [-0.05, 0) is 68.8 Å². The molecule has 0 saturated heterocycles. The molecule has 2 fully saturated rings. The van der Waals surface area contributed by atoms with Crippen LogP contribution in [0.25, 0.3) is 0 Å². The molecule has 1 aromatic heterocycles. The first-order valence-corrected chi connectivity index (χ1v) is 15.7. The molecule has 5 rings (SSSR count). The van der Waals surface area contributed by atoms with Crippen LogP contribution >= 0.6 is 0 Å². The number of hydrogen-bond donors (Lipinski definition) is 2. The first kappa shape index (κ1) is 33.2. The van der Waals surface area contributed by atoms with E-state index >= 15 is 8.78 Å². The van der Waals surface area contributed by atoms with Crippen molar-refractivity contribution in [3.8, 4) is 0 Å². The number of carbonyl (C=O) groups is 1. The number of aromatic nitrogens is 2. The van der Waals surface area contributed by atoms with Gasteiger partial charge in [0.1, 0.15) is 22.9 Å². The van der Waals surface area contributed by atoms with E-state index in [1.165, 1.54) is 30.7 Å². The fourth-order valence-corrected chi connectivity index (χ4v) is 7.21. The van der Waals surface area contributed by atoms with Crippen molar-refractivity contribution >= 4 is 22.0 Å². The third kappa shape index (κ3) is 7.89. The van der Waals surface area contributed by atoms with Crippen LogP contribution in [0.1, 0.15) is 61.3 Å². The second-order valence-electron chi connectivity index (χ2n) is 11.0. The van der Waals surface area contributed by atoms with Crippen molar-refractivity contribution in [2.24, 2.45) is 0 Å². The molecule has 0 aliphatic heterocycles. The van der Waals surface area contributed by atoms with Gasteiger partial charge in [0.25, 0.3) is 6.47 Å². The van der Waals surface area contributed by atoms with Gasteiger partial charge < -0.3 is 10.4 Å². The average Bonchev–Trinajstić information content (AvgIpc) is 2.94. The number of anilines is 1. The van der Waals surface area contributed by atoms with E-state index in [0.717, 1.165) is 31.4 Å². The number of likely N-dealkylation sites (N-methyl/N-ethyl adjacent to an activating group) is 1. The number of rotatable bonds is 8. The Morgan fingerprint density at radius 2 is 1.80 bits per heavy atom. The van der Waals surface area contributed by atoms with Crippen molar-refractivity contribution in [1.82, 2.24) is 14.9 Å². The Kier molecular flexibility index (Phi) is 10.6. The summed E-state index contributed by atoms with van der Waals surface area (Å²) < 4.78 is 96.1. The Bertz CT molecular complexity index is 1540. The molecule has 8 nitrogen and oxygen atoms in total. The highest BCUT2D eigenvalue weighted by atomic mass is 32.2. The molecule has 238 valence electrons. The van der Waals surface area contributed by atoms with Gasteiger partial charge >= 0.3 is 6.18 Å². The molecule has 0 unspecified atom stereocenters. The highest BCUT2D eigenvalue weighted by molar-refractivity contribution is 7.90. The Hall–Kier alpha value is -3.65. The zero-order valence-corrected chi connectivity index (χ0v) is 24.7. The van der Waals surface area contributed by atoms with Gasteiger partial charge in [0.15, 0.2) is 9.84 Å². The van der Waals surface area contributed by atoms with Crippen molar-refractivity contribution < 1.29 is 40.3 Å². The molecule has 3 aromatic rings. The molecule has 44 heavy (non-hydrogen) atoms. The lowest BCUT2D eigenvalue weighted by Gasteiger charge is -2.47. The molecule has 2 aliphatic rings. The van der Waals surface area contributed by atoms with Gasteiger partial charge in [0.2, 0.25) is 0 Å². The number of nitrogens with zero attached hydrogens (tertiary/aromatic N) is 3. The maximum absolute atomic E-state index is 15.3. The van der Waals surface area contributed by atoms with E-state index in [2.05, 4.69) is 20.2 Å². The van der Waals surface area contributed by atoms with Crippen molar-refractivity contribution in [3.05, 3.63) is 83.4 Å². The molecule has 0 amide bonds. The molecular formula is C30H33F5N4O4S. The summed E-state index contributed by atoms with van der Waals surface area (Å²) in [6, 6.07) is 8.16. The third-order valence-electron chi connectivity index (χ3n) is 8.35. The topological polar surface area (TPSA) is 112 Å². The van der Waals surface area contributed by atoms with Gasteiger partial charge in [0.05, 0.1) is 22.7 Å². The van der Waals surface area contributed by atoms with Crippen LogP contribution < -0.4 is 5.32 Å². The molecular weight excluding hydrogens is 607 g/mol. The predicted octanol–water partition coefficient (Wildman–Crippen LogP) is 6.05. The van der Waals surface area contributed by atoms with Crippen LogP contribution in [-0.4, -0.2) is 60.0 Å². The Labute approximate surface area is 252 Å². The van der Waals surface area contributed by atoms with Crippen LogP contribution in [0.4, 0.5) is 27.6 Å². The minimum atomic E-state index is -4.44. The number of halogens is 5. The molecule has 14 heteroatoms. The number of nitrogens with one attached hydrogen (secondary N) is 1. The number of hydrogen-bond acceptors (Lipinski definition) is 7. The molecule has 3 atom stereocenters. The van der Waals surface area contributed by atoms with E-state index in [9.17, 15) is 21.6 Å². The lowest BCUT2D eigenvalue weighted by atomic mass is 9.76. The first-order valence-electron chi connectivity index (χ1n) is 14.0. The fraction of sp³-hybridized carbons (Fsp3) is 0.433. The van der Waals surface area contributed by atoms with Crippen LogP contribution in [0.3, 0.4) is 0 Å². The maximum Gasteiger partial charge on any atom is 0.416 e. The number of sulfone groups is 1. The van der Waals surface area contributed by atoms with Gasteiger partial charge in [-0.1, -0.05) is 24.6 Å². The van der Waals surface area contributed by atoms with Crippen molar-refractivity contribution in [2.45, 2.75) is 79.4 Å². The monoisotopic (exact) mass is 640 g/mol. The lowest BCUT2D eigenvalue weighted by molar-refractivity contribution is -0.137. The van der Waals surface area contributed by atoms with Gasteiger partial charge in [-0.25, -0.2) is 27.2 Å². The molecule has 0 spiro atoms. The SMILES string of the molecule is CN(C1CCC1)[C@H]1C[C@@H](c2cccc(C(F)(F)F)c2)CC[C@@H]1Nc1cc(F)c(S(=O)(=O)Cc2ccncn2)cc1F.O=CO. The van der Waals surface area contributed by atoms with Gasteiger partial charge in [-0.3, -0.25) is 9.69 Å². The minimum absolute atomic E-state index is 0.126. The van der Waals surface area contributed by atoms with E-state index in [0.29, 0.717) is 36.9 Å². The zero-order valence-electron chi connectivity index (χ0n) is 23.8. The summed E-state index contributed by atoms with van der Waals surface area (Å²) in [4.78, 5) is 17.4. The summed E-state index contributed by atoms with van der Waals surface area (Å²) in [5.74, 6) is -2.71. The Morgan fingerprint density at radius 1 is 1.07 bits per heavy atom. The van der Waals surface area contributed by atoms with Crippen LogP contribution in [0.5, 0.6) is 0 Å². The summed E-state index contributed by atoms with van der Waals surface area (Å²) in [5.41, 5.74) is -0.0772. The highest BCUT2D eigenvalue weighted by Gasteiger charge is 2.39. The summed E-state index contributed by atoms with van der Waals surface area (Å²) in [5, 5.41) is 10.00. The first-order chi connectivity index (χ1) is 20.8. The van der Waals surface area contributed by atoms with Crippen LogP contribution in [-0.2, 0) is 26.6 Å². The normalized spacial score (nSPS) is 20.8. The maximum atomic E-state index is 15.3. The second-order valence-corrected chi connectivity index (χ2v) is 13.0. The zero-order chi connectivity index (χ0) is 32.1. The van der Waals surface area contributed by atoms with Crippen molar-refractivity contribution in [1.29, 1.82) is 0 Å². The molecule has 0 radical (unpaired) electrons. The highest BCUT2D eigenvalue weighted by Crippen LogP contribution is 2.41. The number of alkyl halides is 3. The summed E-state index contributed by atoms with van der Waals surface area (Å²) in [6.07, 6.45) is 2.79. The fourth-order valence-electron chi connectivity index (χ4n) is 5.85. The molecule has 2 aliphatic carbocycles. The van der Waals surface area contributed by atoms with Gasteiger partial charge in [-0.15, -0.1) is 0 Å². The quantitative estimate of drug-likeness (QED) is 0.226. The van der Waals surface area contributed by atoms with Gasteiger partial charge in [-0.2, -0.15) is 13.2 Å². The molecule has 2 aromatic carbocycles.